The van der Waals surface area contributed by atoms with E-state index in [2.05, 4.69) is 5.32 Å². The fourth-order valence-electron chi connectivity index (χ4n) is 3.35. The molecule has 1 N–H and O–H groups in total. The third kappa shape index (κ3) is 5.91. The van der Waals surface area contributed by atoms with Crippen LogP contribution >= 0.6 is 0 Å². The molecular formula is C23H20F3NO6. The van der Waals surface area contributed by atoms with Crippen LogP contribution < -0.4 is 15.7 Å². The fourth-order valence-corrected chi connectivity index (χ4v) is 3.35. The highest BCUT2D eigenvalue weighted by Crippen LogP contribution is 2.29. The fraction of sp³-hybridized carbons (Fsp3) is 0.261. The van der Waals surface area contributed by atoms with Gasteiger partial charge in [-0.25, -0.2) is 9.59 Å². The third-order valence-electron chi connectivity index (χ3n) is 4.90. The molecule has 7 nitrogen and oxygen atoms in total. The largest absolute Gasteiger partial charge is 0.497 e. The zero-order valence-corrected chi connectivity index (χ0v) is 17.7. The van der Waals surface area contributed by atoms with Crippen LogP contribution in [0, 0.1) is 0 Å². The van der Waals surface area contributed by atoms with Gasteiger partial charge in [0.15, 0.2) is 0 Å². The molecule has 3 rings (SSSR count). The summed E-state index contributed by atoms with van der Waals surface area (Å²) in [5, 5.41) is 3.00. The predicted octanol–water partition coefficient (Wildman–Crippen LogP) is 3.26. The van der Waals surface area contributed by atoms with E-state index in [4.69, 9.17) is 13.9 Å². The molecule has 0 spiro atoms. The second-order valence-electron chi connectivity index (χ2n) is 7.18. The first-order chi connectivity index (χ1) is 15.6. The summed E-state index contributed by atoms with van der Waals surface area (Å²) in [6.07, 6.45) is -5.03. The second-order valence-corrected chi connectivity index (χ2v) is 7.18. The molecule has 1 heterocycles. The number of carbonyl (C=O) groups excluding carboxylic acids is 2. The quantitative estimate of drug-likeness (QED) is 0.427. The number of ether oxygens (including phenoxy) is 2. The molecule has 0 aliphatic heterocycles. The summed E-state index contributed by atoms with van der Waals surface area (Å²) in [6.45, 7) is 0. The first-order valence-corrected chi connectivity index (χ1v) is 9.75. The maximum atomic E-state index is 12.9. The predicted molar refractivity (Wildman–Crippen MR) is 112 cm³/mol. The van der Waals surface area contributed by atoms with Gasteiger partial charge in [-0.2, -0.15) is 13.2 Å². The number of esters is 1. The summed E-state index contributed by atoms with van der Waals surface area (Å²) in [5.41, 5.74) is -0.766. The number of nitrogens with one attached hydrogen (secondary N) is 1. The van der Waals surface area contributed by atoms with E-state index in [1.165, 1.54) is 31.4 Å². The molecule has 0 aliphatic rings. The van der Waals surface area contributed by atoms with Crippen molar-refractivity contribution in [3.8, 4) is 5.75 Å². The van der Waals surface area contributed by atoms with Gasteiger partial charge in [0.1, 0.15) is 17.4 Å². The number of fused-ring (bicyclic) bond motifs is 1. The molecule has 0 unspecified atom stereocenters. The van der Waals surface area contributed by atoms with Gasteiger partial charge in [-0.1, -0.05) is 18.2 Å². The molecule has 0 aliphatic carbocycles. The van der Waals surface area contributed by atoms with E-state index in [1.54, 1.807) is 12.1 Å². The van der Waals surface area contributed by atoms with Crippen molar-refractivity contribution in [3.05, 3.63) is 75.6 Å². The lowest BCUT2D eigenvalue weighted by atomic mass is 10.0. The summed E-state index contributed by atoms with van der Waals surface area (Å²) < 4.78 is 53.8. The van der Waals surface area contributed by atoms with Crippen LogP contribution in [0.4, 0.5) is 13.2 Å². The highest BCUT2D eigenvalue weighted by Gasteiger charge is 2.30. The van der Waals surface area contributed by atoms with Crippen LogP contribution in [-0.4, -0.2) is 32.1 Å². The Hall–Kier alpha value is -3.82. The van der Waals surface area contributed by atoms with Gasteiger partial charge in [0.25, 0.3) is 0 Å². The van der Waals surface area contributed by atoms with E-state index in [-0.39, 0.29) is 24.0 Å². The van der Waals surface area contributed by atoms with Crippen molar-refractivity contribution in [2.45, 2.75) is 25.1 Å². The smallest absolute Gasteiger partial charge is 0.416 e. The highest BCUT2D eigenvalue weighted by atomic mass is 19.4. The van der Waals surface area contributed by atoms with E-state index in [0.717, 1.165) is 19.2 Å². The SMILES string of the molecule is COC(=O)[C@@H](Cc1cc(=O)oc2cc(OC)ccc12)NC(=O)Cc1cccc(C(F)(F)F)c1. The first-order valence-electron chi connectivity index (χ1n) is 9.75. The first kappa shape index (κ1) is 23.8. The molecule has 3 aromatic rings. The van der Waals surface area contributed by atoms with E-state index >= 15 is 0 Å². The normalized spacial score (nSPS) is 12.3. The number of hydrogen-bond donors (Lipinski definition) is 1. The van der Waals surface area contributed by atoms with Crippen molar-refractivity contribution in [1.82, 2.24) is 5.32 Å². The van der Waals surface area contributed by atoms with Gasteiger partial charge in [0.05, 0.1) is 26.2 Å². The lowest BCUT2D eigenvalue weighted by Gasteiger charge is -2.18. The summed E-state index contributed by atoms with van der Waals surface area (Å²) in [4.78, 5) is 36.8. The van der Waals surface area contributed by atoms with Crippen LogP contribution in [0.5, 0.6) is 5.75 Å². The Morgan fingerprint density at radius 3 is 2.52 bits per heavy atom. The molecule has 0 saturated heterocycles. The molecule has 1 aromatic heterocycles. The number of alkyl halides is 3. The van der Waals surface area contributed by atoms with Crippen LogP contribution in [0.25, 0.3) is 11.0 Å². The summed E-state index contributed by atoms with van der Waals surface area (Å²) in [5.74, 6) is -0.998. The maximum Gasteiger partial charge on any atom is 0.416 e. The van der Waals surface area contributed by atoms with Crippen LogP contribution in [0.1, 0.15) is 16.7 Å². The number of rotatable bonds is 7. The molecule has 10 heteroatoms. The van der Waals surface area contributed by atoms with Gasteiger partial charge in [-0.15, -0.1) is 0 Å². The number of benzene rings is 2. The van der Waals surface area contributed by atoms with Gasteiger partial charge in [-0.05, 0) is 29.3 Å². The van der Waals surface area contributed by atoms with Crippen molar-refractivity contribution in [3.63, 3.8) is 0 Å². The number of hydrogen-bond acceptors (Lipinski definition) is 6. The molecule has 33 heavy (non-hydrogen) atoms. The van der Waals surface area contributed by atoms with Gasteiger partial charge < -0.3 is 19.2 Å². The van der Waals surface area contributed by atoms with E-state index in [0.29, 0.717) is 16.7 Å². The minimum Gasteiger partial charge on any atom is -0.497 e. The molecule has 174 valence electrons. The van der Waals surface area contributed by atoms with Gasteiger partial charge in [0, 0.05) is 23.9 Å². The maximum absolute atomic E-state index is 12.9. The molecule has 0 saturated carbocycles. The zero-order chi connectivity index (χ0) is 24.2. The molecule has 1 amide bonds. The van der Waals surface area contributed by atoms with Gasteiger partial charge in [-0.3, -0.25) is 4.79 Å². The topological polar surface area (TPSA) is 94.8 Å². The Morgan fingerprint density at radius 1 is 1.09 bits per heavy atom. The molecule has 1 atom stereocenters. The average molecular weight is 463 g/mol. The number of methoxy groups -OCH3 is 2. The summed E-state index contributed by atoms with van der Waals surface area (Å²) in [6, 6.07) is 9.17. The van der Waals surface area contributed by atoms with Crippen LogP contribution in [0.3, 0.4) is 0 Å². The number of amides is 1. The molecule has 0 bridgehead atoms. The number of halogens is 3. The van der Waals surface area contributed by atoms with Crippen LogP contribution in [0.2, 0.25) is 0 Å². The van der Waals surface area contributed by atoms with Crippen LogP contribution in [0.15, 0.2) is 57.7 Å². The molecule has 0 radical (unpaired) electrons. The van der Waals surface area contributed by atoms with Crippen molar-refractivity contribution >= 4 is 22.8 Å². The zero-order valence-electron chi connectivity index (χ0n) is 17.7. The Kier molecular flexibility index (Phi) is 7.05. The third-order valence-corrected chi connectivity index (χ3v) is 4.90. The van der Waals surface area contributed by atoms with Crippen molar-refractivity contribution in [2.75, 3.05) is 14.2 Å². The van der Waals surface area contributed by atoms with Gasteiger partial charge in [0.2, 0.25) is 5.91 Å². The lowest BCUT2D eigenvalue weighted by Crippen LogP contribution is -2.43. The monoisotopic (exact) mass is 463 g/mol. The lowest BCUT2D eigenvalue weighted by molar-refractivity contribution is -0.145. The van der Waals surface area contributed by atoms with Crippen molar-refractivity contribution < 1.29 is 36.7 Å². The minimum atomic E-state index is -4.54. The van der Waals surface area contributed by atoms with E-state index in [1.807, 2.05) is 0 Å². The Morgan fingerprint density at radius 2 is 1.85 bits per heavy atom. The Labute approximate surface area is 186 Å². The highest BCUT2D eigenvalue weighted by molar-refractivity contribution is 5.87. The number of carbonyl (C=O) groups is 2. The van der Waals surface area contributed by atoms with E-state index < -0.39 is 35.3 Å². The summed E-state index contributed by atoms with van der Waals surface area (Å²) >= 11 is 0. The second kappa shape index (κ2) is 9.76. The standard InChI is InChI=1S/C23H20F3NO6/c1-31-16-6-7-17-14(11-21(29)33-19(17)12-16)10-18(22(30)32-2)27-20(28)9-13-4-3-5-15(8-13)23(24,25)26/h3-8,11-12,18H,9-10H2,1-2H3,(H,27,28)/t18-/m1/s1. The van der Waals surface area contributed by atoms with E-state index in [9.17, 15) is 27.6 Å². The molecule has 0 fully saturated rings. The van der Waals surface area contributed by atoms with Crippen molar-refractivity contribution in [2.24, 2.45) is 0 Å². The summed E-state index contributed by atoms with van der Waals surface area (Å²) in [7, 11) is 2.59. The van der Waals surface area contributed by atoms with Crippen molar-refractivity contribution in [1.29, 1.82) is 0 Å². The van der Waals surface area contributed by atoms with Gasteiger partial charge >= 0.3 is 17.8 Å². The average Bonchev–Trinajstić information content (AvgIpc) is 2.77. The molecular weight excluding hydrogens is 443 g/mol. The Bertz CT molecular complexity index is 1230. The van der Waals surface area contributed by atoms with Crippen LogP contribution in [-0.2, 0) is 33.3 Å². The Balaban J connectivity index is 1.83. The minimum absolute atomic E-state index is 0.102. The molecule has 2 aromatic carbocycles.